The average Bonchev–Trinajstić information content (AvgIpc) is 3.26. The predicted octanol–water partition coefficient (Wildman–Crippen LogP) is 3.46. The number of rotatable bonds is 6. The summed E-state index contributed by atoms with van der Waals surface area (Å²) in [5, 5.41) is 8.76. The van der Waals surface area contributed by atoms with Crippen molar-refractivity contribution in [2.75, 3.05) is 18.5 Å². The van der Waals surface area contributed by atoms with Crippen molar-refractivity contribution in [2.45, 2.75) is 32.4 Å². The fourth-order valence-electron chi connectivity index (χ4n) is 2.94. The summed E-state index contributed by atoms with van der Waals surface area (Å²) in [5.74, 6) is 0.0138. The monoisotopic (exact) mass is 472 g/mol. The normalized spacial score (nSPS) is 16.2. The van der Waals surface area contributed by atoms with Crippen LogP contribution in [0.25, 0.3) is 0 Å². The first-order valence-corrected chi connectivity index (χ1v) is 10.6. The molecule has 7 nitrogen and oxygen atoms in total. The number of guanidine groups is 1. The lowest BCUT2D eigenvalue weighted by Crippen LogP contribution is -2.36. The Morgan fingerprint density at radius 2 is 1.87 bits per heavy atom. The molecule has 1 saturated heterocycles. The summed E-state index contributed by atoms with van der Waals surface area (Å²) >= 11 is 3.42. The van der Waals surface area contributed by atoms with Gasteiger partial charge in [0, 0.05) is 35.8 Å². The highest BCUT2D eigenvalue weighted by Crippen LogP contribution is 2.15. The highest BCUT2D eigenvalue weighted by Gasteiger charge is 2.16. The van der Waals surface area contributed by atoms with Gasteiger partial charge in [0.1, 0.15) is 0 Å². The number of ether oxygens (including phenoxy) is 1. The molecule has 1 unspecified atom stereocenters. The lowest BCUT2D eigenvalue weighted by molar-refractivity contribution is -0.119. The number of carbonyl (C=O) groups excluding carboxylic acids is 2. The first-order valence-electron chi connectivity index (χ1n) is 9.83. The maximum Gasteiger partial charge on any atom is 0.257 e. The van der Waals surface area contributed by atoms with Crippen LogP contribution >= 0.6 is 15.9 Å². The number of nitrogens with one attached hydrogen (secondary N) is 3. The maximum absolute atomic E-state index is 12.7. The number of amides is 2. The highest BCUT2D eigenvalue weighted by atomic mass is 79.9. The Morgan fingerprint density at radius 3 is 2.50 bits per heavy atom. The van der Waals surface area contributed by atoms with Crippen molar-refractivity contribution in [1.82, 2.24) is 10.6 Å². The summed E-state index contributed by atoms with van der Waals surface area (Å²) < 4.78 is 6.60. The molecule has 8 heteroatoms. The van der Waals surface area contributed by atoms with E-state index in [0.717, 1.165) is 35.2 Å². The van der Waals surface area contributed by atoms with Gasteiger partial charge in [0.2, 0.25) is 11.9 Å². The molecule has 1 heterocycles. The van der Waals surface area contributed by atoms with Crippen LogP contribution in [0.2, 0.25) is 0 Å². The molecule has 2 aromatic carbocycles. The fourth-order valence-corrected chi connectivity index (χ4v) is 3.21. The Morgan fingerprint density at radius 1 is 1.13 bits per heavy atom. The Kier molecular flexibility index (Phi) is 7.98. The molecule has 1 fully saturated rings. The number of halogens is 1. The van der Waals surface area contributed by atoms with E-state index in [4.69, 9.17) is 4.74 Å². The van der Waals surface area contributed by atoms with Crippen molar-refractivity contribution in [3.05, 3.63) is 64.1 Å². The Hall–Kier alpha value is -2.71. The van der Waals surface area contributed by atoms with E-state index < -0.39 is 0 Å². The van der Waals surface area contributed by atoms with Gasteiger partial charge in [-0.05, 0) is 54.8 Å². The van der Waals surface area contributed by atoms with E-state index in [1.165, 1.54) is 6.92 Å². The molecule has 1 atom stereocenters. The smallest absolute Gasteiger partial charge is 0.257 e. The van der Waals surface area contributed by atoms with E-state index in [0.29, 0.717) is 24.6 Å². The van der Waals surface area contributed by atoms with E-state index in [9.17, 15) is 9.59 Å². The van der Waals surface area contributed by atoms with Crippen LogP contribution in [-0.4, -0.2) is 37.0 Å². The average molecular weight is 473 g/mol. The topological polar surface area (TPSA) is 91.8 Å². The van der Waals surface area contributed by atoms with Gasteiger partial charge in [-0.15, -0.1) is 0 Å². The van der Waals surface area contributed by atoms with E-state index >= 15 is 0 Å². The molecule has 2 amide bonds. The summed E-state index contributed by atoms with van der Waals surface area (Å²) in [6.45, 7) is 3.13. The minimum absolute atomic E-state index is 0.0803. The van der Waals surface area contributed by atoms with Crippen LogP contribution in [-0.2, 0) is 16.1 Å². The van der Waals surface area contributed by atoms with Crippen LogP contribution in [0.3, 0.4) is 0 Å². The van der Waals surface area contributed by atoms with Gasteiger partial charge in [-0.25, -0.2) is 4.99 Å². The molecule has 0 aliphatic carbocycles. The van der Waals surface area contributed by atoms with Gasteiger partial charge >= 0.3 is 0 Å². The van der Waals surface area contributed by atoms with Gasteiger partial charge in [0.05, 0.1) is 12.6 Å². The molecule has 30 heavy (non-hydrogen) atoms. The van der Waals surface area contributed by atoms with Gasteiger partial charge in [-0.1, -0.05) is 28.1 Å². The third-order valence-electron chi connectivity index (χ3n) is 4.57. The SMILES string of the molecule is CC(=O)NCc1ccc(C(=O)NC(=NCC2CCCO2)Nc2ccc(Br)cc2)cc1. The molecule has 0 spiro atoms. The lowest BCUT2D eigenvalue weighted by Gasteiger charge is -2.14. The first kappa shape index (κ1) is 22.0. The van der Waals surface area contributed by atoms with Crippen molar-refractivity contribution in [1.29, 1.82) is 0 Å². The van der Waals surface area contributed by atoms with E-state index in [1.54, 1.807) is 12.1 Å². The van der Waals surface area contributed by atoms with E-state index in [-0.39, 0.29) is 17.9 Å². The van der Waals surface area contributed by atoms with Gasteiger partial charge in [-0.2, -0.15) is 0 Å². The molecule has 158 valence electrons. The van der Waals surface area contributed by atoms with Crippen molar-refractivity contribution in [3.63, 3.8) is 0 Å². The summed E-state index contributed by atoms with van der Waals surface area (Å²) in [5.41, 5.74) is 2.24. The van der Waals surface area contributed by atoms with Crippen LogP contribution in [0.15, 0.2) is 58.0 Å². The number of hydrogen-bond donors (Lipinski definition) is 3. The summed E-state index contributed by atoms with van der Waals surface area (Å²) in [6.07, 6.45) is 2.09. The number of anilines is 1. The molecule has 0 saturated carbocycles. The second-order valence-electron chi connectivity index (χ2n) is 7.02. The second-order valence-corrected chi connectivity index (χ2v) is 7.93. The zero-order chi connectivity index (χ0) is 21.3. The molecular formula is C22H25BrN4O3. The Balaban J connectivity index is 1.67. The zero-order valence-corrected chi connectivity index (χ0v) is 18.4. The summed E-state index contributed by atoms with van der Waals surface area (Å²) in [6, 6.07) is 14.7. The van der Waals surface area contributed by atoms with Gasteiger partial charge in [-0.3, -0.25) is 14.9 Å². The minimum atomic E-state index is -0.267. The number of hydrogen-bond acceptors (Lipinski definition) is 4. The van der Waals surface area contributed by atoms with Crippen molar-refractivity contribution >= 4 is 39.4 Å². The fraction of sp³-hybridized carbons (Fsp3) is 0.318. The van der Waals surface area contributed by atoms with Crippen molar-refractivity contribution in [3.8, 4) is 0 Å². The van der Waals surface area contributed by atoms with E-state index in [2.05, 4.69) is 36.9 Å². The number of carbonyl (C=O) groups is 2. The van der Waals surface area contributed by atoms with Gasteiger partial charge < -0.3 is 15.4 Å². The number of aliphatic imine (C=N–C) groups is 1. The molecule has 1 aliphatic heterocycles. The predicted molar refractivity (Wildman–Crippen MR) is 120 cm³/mol. The minimum Gasteiger partial charge on any atom is -0.376 e. The Bertz CT molecular complexity index is 892. The number of benzene rings is 2. The number of nitrogens with zero attached hydrogens (tertiary/aromatic N) is 1. The standard InChI is InChI=1S/C22H25BrN4O3/c1-15(28)24-13-16-4-6-17(7-5-16)21(29)27-22(25-14-20-3-2-12-30-20)26-19-10-8-18(23)9-11-19/h4-11,20H,2-3,12-14H2,1H3,(H,24,28)(H2,25,26,27,29). The highest BCUT2D eigenvalue weighted by molar-refractivity contribution is 9.10. The summed E-state index contributed by atoms with van der Waals surface area (Å²) in [4.78, 5) is 28.3. The van der Waals surface area contributed by atoms with Crippen LogP contribution in [0.5, 0.6) is 0 Å². The van der Waals surface area contributed by atoms with Crippen molar-refractivity contribution < 1.29 is 14.3 Å². The molecular weight excluding hydrogens is 448 g/mol. The third-order valence-corrected chi connectivity index (χ3v) is 5.10. The van der Waals surface area contributed by atoms with Crippen molar-refractivity contribution in [2.24, 2.45) is 4.99 Å². The van der Waals surface area contributed by atoms with Crippen LogP contribution in [0, 0.1) is 0 Å². The molecule has 2 aromatic rings. The lowest BCUT2D eigenvalue weighted by atomic mass is 10.1. The quantitative estimate of drug-likeness (QED) is 0.443. The molecule has 3 N–H and O–H groups in total. The molecule has 3 rings (SSSR count). The maximum atomic E-state index is 12.7. The molecule has 1 aliphatic rings. The van der Waals surface area contributed by atoms with Gasteiger partial charge in [0.15, 0.2) is 0 Å². The van der Waals surface area contributed by atoms with E-state index in [1.807, 2.05) is 36.4 Å². The second kappa shape index (κ2) is 10.9. The molecule has 0 bridgehead atoms. The zero-order valence-electron chi connectivity index (χ0n) is 16.8. The van der Waals surface area contributed by atoms with Gasteiger partial charge in [0.25, 0.3) is 5.91 Å². The third kappa shape index (κ3) is 6.96. The van der Waals surface area contributed by atoms with Crippen LogP contribution < -0.4 is 16.0 Å². The van der Waals surface area contributed by atoms with Crippen LogP contribution in [0.4, 0.5) is 5.69 Å². The summed E-state index contributed by atoms with van der Waals surface area (Å²) in [7, 11) is 0. The van der Waals surface area contributed by atoms with Crippen LogP contribution in [0.1, 0.15) is 35.7 Å². The molecule has 0 aromatic heterocycles. The first-order chi connectivity index (χ1) is 14.5. The largest absolute Gasteiger partial charge is 0.376 e. The Labute approximate surface area is 184 Å². The molecule has 0 radical (unpaired) electrons.